The second-order valence-electron chi connectivity index (χ2n) is 3.64. The van der Waals surface area contributed by atoms with Crippen molar-refractivity contribution in [3.63, 3.8) is 0 Å². The van der Waals surface area contributed by atoms with E-state index in [0.717, 1.165) is 19.4 Å². The second-order valence-corrected chi connectivity index (χ2v) is 3.64. The molecule has 1 saturated heterocycles. The molecule has 0 aromatic rings. The molecule has 2 atom stereocenters. The third-order valence-electron chi connectivity index (χ3n) is 2.42. The van der Waals surface area contributed by atoms with E-state index in [0.29, 0.717) is 6.54 Å². The van der Waals surface area contributed by atoms with E-state index in [4.69, 9.17) is 10.2 Å². The molecular formula is C9H16N2O4. The number of carbonyl (C=O) groups is 2. The molecule has 0 radical (unpaired) electrons. The average molecular weight is 216 g/mol. The van der Waals surface area contributed by atoms with Crippen LogP contribution in [0, 0.1) is 5.92 Å². The van der Waals surface area contributed by atoms with Crippen molar-refractivity contribution in [3.8, 4) is 0 Å². The molecule has 0 aliphatic carbocycles. The van der Waals surface area contributed by atoms with Gasteiger partial charge in [0.15, 0.2) is 6.10 Å². The molecule has 1 heterocycles. The second kappa shape index (κ2) is 5.67. The first-order valence-corrected chi connectivity index (χ1v) is 5.00. The van der Waals surface area contributed by atoms with Gasteiger partial charge in [-0.25, -0.2) is 4.79 Å². The SMILES string of the molecule is O=C(NC[C@H](O)C(=O)O)[C@@H]1CCCNC1. The highest BCUT2D eigenvalue weighted by Crippen LogP contribution is 2.09. The zero-order chi connectivity index (χ0) is 11.3. The molecule has 0 saturated carbocycles. The molecule has 0 spiro atoms. The number of aliphatic hydroxyl groups excluding tert-OH is 1. The Morgan fingerprint density at radius 1 is 1.53 bits per heavy atom. The number of hydrogen-bond donors (Lipinski definition) is 4. The summed E-state index contributed by atoms with van der Waals surface area (Å²) in [6.07, 6.45) is 0.229. The third-order valence-corrected chi connectivity index (χ3v) is 2.42. The summed E-state index contributed by atoms with van der Waals surface area (Å²) in [6.45, 7) is 1.31. The Bertz CT molecular complexity index is 238. The van der Waals surface area contributed by atoms with E-state index in [1.165, 1.54) is 0 Å². The number of aliphatic carboxylic acids is 1. The van der Waals surface area contributed by atoms with Crippen LogP contribution < -0.4 is 10.6 Å². The molecule has 1 amide bonds. The lowest BCUT2D eigenvalue weighted by Crippen LogP contribution is -2.44. The van der Waals surface area contributed by atoms with Crippen LogP contribution in [0.15, 0.2) is 0 Å². The van der Waals surface area contributed by atoms with Gasteiger partial charge in [0, 0.05) is 6.54 Å². The minimum atomic E-state index is -1.52. The summed E-state index contributed by atoms with van der Waals surface area (Å²) in [6, 6.07) is 0. The van der Waals surface area contributed by atoms with Gasteiger partial charge < -0.3 is 20.8 Å². The van der Waals surface area contributed by atoms with Gasteiger partial charge in [0.25, 0.3) is 0 Å². The average Bonchev–Trinajstić information content (AvgIpc) is 2.26. The third kappa shape index (κ3) is 3.85. The van der Waals surface area contributed by atoms with Crippen LogP contribution in [0.1, 0.15) is 12.8 Å². The van der Waals surface area contributed by atoms with Crippen molar-refractivity contribution in [1.29, 1.82) is 0 Å². The molecular weight excluding hydrogens is 200 g/mol. The highest BCUT2D eigenvalue weighted by atomic mass is 16.4. The van der Waals surface area contributed by atoms with E-state index in [9.17, 15) is 9.59 Å². The zero-order valence-corrected chi connectivity index (χ0v) is 8.40. The van der Waals surface area contributed by atoms with Gasteiger partial charge in [-0.05, 0) is 19.4 Å². The van der Waals surface area contributed by atoms with E-state index in [1.807, 2.05) is 0 Å². The molecule has 0 bridgehead atoms. The monoisotopic (exact) mass is 216 g/mol. The fourth-order valence-corrected chi connectivity index (χ4v) is 1.50. The Kier molecular flexibility index (Phi) is 4.51. The van der Waals surface area contributed by atoms with Crippen LogP contribution in [0.3, 0.4) is 0 Å². The molecule has 0 aromatic carbocycles. The topological polar surface area (TPSA) is 98.7 Å². The minimum Gasteiger partial charge on any atom is -0.479 e. The first kappa shape index (κ1) is 11.9. The molecule has 1 aliphatic heterocycles. The lowest BCUT2D eigenvalue weighted by molar-refractivity contribution is -0.146. The van der Waals surface area contributed by atoms with Crippen molar-refractivity contribution < 1.29 is 19.8 Å². The smallest absolute Gasteiger partial charge is 0.334 e. The van der Waals surface area contributed by atoms with Crippen LogP contribution >= 0.6 is 0 Å². The van der Waals surface area contributed by atoms with Crippen molar-refractivity contribution in [2.75, 3.05) is 19.6 Å². The maximum atomic E-state index is 11.5. The summed E-state index contributed by atoms with van der Waals surface area (Å²) >= 11 is 0. The highest BCUT2D eigenvalue weighted by molar-refractivity contribution is 5.80. The Morgan fingerprint density at radius 3 is 2.80 bits per heavy atom. The van der Waals surface area contributed by atoms with Gasteiger partial charge in [-0.3, -0.25) is 4.79 Å². The maximum Gasteiger partial charge on any atom is 0.334 e. The summed E-state index contributed by atoms with van der Waals surface area (Å²) in [5, 5.41) is 22.8. The Labute approximate surface area is 87.7 Å². The Balaban J connectivity index is 2.25. The molecule has 6 nitrogen and oxygen atoms in total. The number of carboxylic acid groups (broad SMARTS) is 1. The Morgan fingerprint density at radius 2 is 2.27 bits per heavy atom. The summed E-state index contributed by atoms with van der Waals surface area (Å²) < 4.78 is 0. The van der Waals surface area contributed by atoms with Gasteiger partial charge >= 0.3 is 5.97 Å². The molecule has 1 aliphatic rings. The normalized spacial score (nSPS) is 23.1. The van der Waals surface area contributed by atoms with Crippen molar-refractivity contribution in [1.82, 2.24) is 10.6 Å². The number of amides is 1. The lowest BCUT2D eigenvalue weighted by atomic mass is 9.99. The van der Waals surface area contributed by atoms with Crippen LogP contribution in [-0.2, 0) is 9.59 Å². The van der Waals surface area contributed by atoms with E-state index in [2.05, 4.69) is 10.6 Å². The van der Waals surface area contributed by atoms with Gasteiger partial charge in [-0.1, -0.05) is 0 Å². The molecule has 86 valence electrons. The first-order chi connectivity index (χ1) is 7.11. The van der Waals surface area contributed by atoms with Gasteiger partial charge in [0.2, 0.25) is 5.91 Å². The van der Waals surface area contributed by atoms with Crippen LogP contribution in [0.4, 0.5) is 0 Å². The van der Waals surface area contributed by atoms with Crippen molar-refractivity contribution in [2.45, 2.75) is 18.9 Å². The number of piperidine rings is 1. The molecule has 4 N–H and O–H groups in total. The molecule has 1 rings (SSSR count). The molecule has 0 unspecified atom stereocenters. The summed E-state index contributed by atoms with van der Waals surface area (Å²) in [5.74, 6) is -1.63. The highest BCUT2D eigenvalue weighted by Gasteiger charge is 2.22. The summed E-state index contributed by atoms with van der Waals surface area (Å²) in [4.78, 5) is 21.7. The number of aliphatic hydroxyl groups is 1. The Hall–Kier alpha value is -1.14. The fourth-order valence-electron chi connectivity index (χ4n) is 1.50. The molecule has 15 heavy (non-hydrogen) atoms. The zero-order valence-electron chi connectivity index (χ0n) is 8.40. The van der Waals surface area contributed by atoms with E-state index < -0.39 is 12.1 Å². The first-order valence-electron chi connectivity index (χ1n) is 5.00. The van der Waals surface area contributed by atoms with Gasteiger partial charge in [-0.15, -0.1) is 0 Å². The van der Waals surface area contributed by atoms with Crippen LogP contribution in [0.2, 0.25) is 0 Å². The maximum absolute atomic E-state index is 11.5. The standard InChI is InChI=1S/C9H16N2O4/c12-7(9(14)15)5-11-8(13)6-2-1-3-10-4-6/h6-7,10,12H,1-5H2,(H,11,13)(H,14,15)/t6-,7+/m1/s1. The predicted octanol–water partition coefficient (Wildman–Crippen LogP) is -1.45. The number of rotatable bonds is 4. The van der Waals surface area contributed by atoms with E-state index in [-0.39, 0.29) is 18.4 Å². The minimum absolute atomic E-state index is 0.111. The predicted molar refractivity (Wildman–Crippen MR) is 52.2 cm³/mol. The van der Waals surface area contributed by atoms with Crippen LogP contribution in [0.5, 0.6) is 0 Å². The largest absolute Gasteiger partial charge is 0.479 e. The number of carboxylic acids is 1. The van der Waals surface area contributed by atoms with Crippen molar-refractivity contribution in [3.05, 3.63) is 0 Å². The fraction of sp³-hybridized carbons (Fsp3) is 0.778. The summed E-state index contributed by atoms with van der Waals surface area (Å²) in [7, 11) is 0. The lowest BCUT2D eigenvalue weighted by Gasteiger charge is -2.22. The number of nitrogens with one attached hydrogen (secondary N) is 2. The van der Waals surface area contributed by atoms with Crippen LogP contribution in [-0.4, -0.2) is 47.8 Å². The van der Waals surface area contributed by atoms with Gasteiger partial charge in [0.1, 0.15) is 0 Å². The van der Waals surface area contributed by atoms with E-state index >= 15 is 0 Å². The van der Waals surface area contributed by atoms with Crippen LogP contribution in [0.25, 0.3) is 0 Å². The number of hydrogen-bond acceptors (Lipinski definition) is 4. The summed E-state index contributed by atoms with van der Waals surface area (Å²) in [5.41, 5.74) is 0. The molecule has 0 aromatic heterocycles. The quantitative estimate of drug-likeness (QED) is 0.461. The van der Waals surface area contributed by atoms with E-state index in [1.54, 1.807) is 0 Å². The van der Waals surface area contributed by atoms with Gasteiger partial charge in [0.05, 0.1) is 12.5 Å². The molecule has 1 fully saturated rings. The van der Waals surface area contributed by atoms with Crippen molar-refractivity contribution >= 4 is 11.9 Å². The van der Waals surface area contributed by atoms with Gasteiger partial charge in [-0.2, -0.15) is 0 Å². The number of carbonyl (C=O) groups excluding carboxylic acids is 1. The molecule has 6 heteroatoms. The van der Waals surface area contributed by atoms with Crippen molar-refractivity contribution in [2.24, 2.45) is 5.92 Å².